The van der Waals surface area contributed by atoms with Gasteiger partial charge in [0, 0.05) is 57.9 Å². The van der Waals surface area contributed by atoms with Gasteiger partial charge in [-0.25, -0.2) is 0 Å². The summed E-state index contributed by atoms with van der Waals surface area (Å²) in [7, 11) is 8.80. The van der Waals surface area contributed by atoms with Crippen molar-refractivity contribution in [2.45, 2.75) is 156 Å². The molecule has 0 aromatic heterocycles. The van der Waals surface area contributed by atoms with Crippen molar-refractivity contribution in [3.05, 3.63) is 0 Å². The minimum atomic E-state index is -0.166. The van der Waals surface area contributed by atoms with Gasteiger partial charge in [-0.05, 0) is 111 Å². The molecule has 0 bridgehead atoms. The predicted molar refractivity (Wildman–Crippen MR) is 220 cm³/mol. The summed E-state index contributed by atoms with van der Waals surface area (Å²) in [6.07, 6.45) is 5.74. The van der Waals surface area contributed by atoms with Crippen LogP contribution in [-0.2, 0) is 26.6 Å². The van der Waals surface area contributed by atoms with E-state index in [1.165, 1.54) is 50.8 Å². The van der Waals surface area contributed by atoms with E-state index in [2.05, 4.69) is 149 Å². The average molecular weight is 963 g/mol. The molecule has 0 saturated heterocycles. The summed E-state index contributed by atoms with van der Waals surface area (Å²) in [6.45, 7) is 43.5. The second-order valence-corrected chi connectivity index (χ2v) is 31.6. The van der Waals surface area contributed by atoms with Crippen LogP contribution in [0.15, 0.2) is 0 Å². The van der Waals surface area contributed by atoms with Crippen LogP contribution in [0, 0.1) is 0 Å². The molecule has 2 nitrogen and oxygen atoms in total. The molecule has 0 aliphatic rings. The Kier molecular flexibility index (Phi) is 50.2. The SMILES string of the molecule is CC(C)[PH+](CCNCC[PH+](C(C)C)C(C)C)C(C)C.CC(C)[PH+](CCNCC[PH+](C(C)C)C(C)C)C(C)C.[Br-].[Cl][Co+][Cl].[Ni][Br]. The molecule has 0 amide bonds. The summed E-state index contributed by atoms with van der Waals surface area (Å²) >= 11 is 6.63. The molecular weight excluding hydrogens is 885 g/mol. The van der Waals surface area contributed by atoms with Crippen LogP contribution in [0.3, 0.4) is 0 Å². The van der Waals surface area contributed by atoms with E-state index >= 15 is 0 Å². The first-order chi connectivity index (χ1) is 20.0. The number of hydrogen-bond acceptors (Lipinski definition) is 2. The molecule has 2 N–H and O–H groups in total. The molecule has 0 fully saturated rings. The van der Waals surface area contributed by atoms with Crippen molar-refractivity contribution in [1.82, 2.24) is 10.6 Å². The van der Waals surface area contributed by atoms with Crippen molar-refractivity contribution >= 4 is 66.2 Å². The third-order valence-corrected chi connectivity index (χ3v) is 23.5. The Bertz CT molecular complexity index is 450. The van der Waals surface area contributed by atoms with Crippen LogP contribution >= 0.6 is 66.2 Å². The molecule has 0 heterocycles. The Labute approximate surface area is 324 Å². The van der Waals surface area contributed by atoms with Crippen molar-refractivity contribution in [1.29, 1.82) is 0 Å². The number of halogens is 4. The molecule has 0 aliphatic heterocycles. The van der Waals surface area contributed by atoms with Gasteiger partial charge in [-0.3, -0.25) is 0 Å². The third-order valence-electron chi connectivity index (χ3n) is 8.29. The molecule has 0 rings (SSSR count). The third kappa shape index (κ3) is 34.6. The Morgan fingerprint density at radius 2 is 0.545 bits per heavy atom. The number of hydrogen-bond donors (Lipinski definition) is 2. The van der Waals surface area contributed by atoms with Gasteiger partial charge in [0.25, 0.3) is 0 Å². The van der Waals surface area contributed by atoms with E-state index in [9.17, 15) is 0 Å². The monoisotopic (exact) mass is 959 g/mol. The molecule has 0 saturated carbocycles. The van der Waals surface area contributed by atoms with E-state index in [1.54, 1.807) is 0 Å². The van der Waals surface area contributed by atoms with Gasteiger partial charge >= 0.3 is 61.1 Å². The zero-order chi connectivity index (χ0) is 34.7. The molecule has 0 aliphatic carbocycles. The Balaban J connectivity index is -0.000000197. The quantitative estimate of drug-likeness (QED) is 0.0728. The van der Waals surface area contributed by atoms with Gasteiger partial charge in [0.05, 0.1) is 69.9 Å². The molecule has 0 spiro atoms. The molecule has 0 aromatic carbocycles. The van der Waals surface area contributed by atoms with Crippen LogP contribution in [0.4, 0.5) is 0 Å². The van der Waals surface area contributed by atoms with Crippen LogP contribution in [0.25, 0.3) is 0 Å². The fourth-order valence-electron chi connectivity index (χ4n) is 6.16. The topological polar surface area (TPSA) is 24.1 Å². The molecule has 0 aromatic rings. The van der Waals surface area contributed by atoms with Gasteiger partial charge in [-0.2, -0.15) is 0 Å². The van der Waals surface area contributed by atoms with Gasteiger partial charge in [-0.15, -0.1) is 0 Å². The van der Waals surface area contributed by atoms with Crippen molar-refractivity contribution in [2.24, 2.45) is 0 Å². The van der Waals surface area contributed by atoms with Crippen molar-refractivity contribution in [2.75, 3.05) is 50.8 Å². The molecule has 0 atom stereocenters. The Morgan fingerprint density at radius 1 is 0.432 bits per heavy atom. The summed E-state index contributed by atoms with van der Waals surface area (Å²) in [5.41, 5.74) is 7.32. The van der Waals surface area contributed by atoms with Crippen LogP contribution in [0.1, 0.15) is 111 Å². The van der Waals surface area contributed by atoms with Crippen LogP contribution in [0.2, 0.25) is 0 Å². The van der Waals surface area contributed by atoms with Gasteiger partial charge in [0.2, 0.25) is 0 Å². The van der Waals surface area contributed by atoms with Crippen LogP contribution in [-0.4, -0.2) is 96.1 Å². The first-order valence-electron chi connectivity index (χ1n) is 16.7. The van der Waals surface area contributed by atoms with Crippen molar-refractivity contribution in [3.8, 4) is 0 Å². The van der Waals surface area contributed by atoms with Gasteiger partial charge < -0.3 is 27.6 Å². The standard InChI is InChI=1S/2C16H37NP2.2BrH.2ClH.Co.Ni/c2*1-13(2)18(14(3)4)11-9-17-10-12-19(15(5)6)16(7)8;;;;;;/h2*13-17H,9-12H2,1-8H3;4*1H;;/q;;;;;;+3;+1. The zero-order valence-corrected chi connectivity index (χ0v) is 42.1. The molecule has 0 unspecified atom stereocenters. The molecule has 12 heteroatoms. The van der Waals surface area contributed by atoms with E-state index in [1.807, 2.05) is 0 Å². The molecule has 279 valence electrons. The van der Waals surface area contributed by atoms with Crippen LogP contribution < -0.4 is 27.6 Å². The minimum absolute atomic E-state index is 0. The fourth-order valence-corrected chi connectivity index (χ4v) is 18.0. The first kappa shape index (κ1) is 57.5. The normalized spacial score (nSPS) is 11.8. The van der Waals surface area contributed by atoms with Crippen molar-refractivity contribution < 1.29 is 43.6 Å². The molecule has 44 heavy (non-hydrogen) atoms. The van der Waals surface area contributed by atoms with E-state index in [4.69, 9.17) is 20.3 Å². The Morgan fingerprint density at radius 3 is 0.636 bits per heavy atom. The van der Waals surface area contributed by atoms with Crippen molar-refractivity contribution in [3.63, 3.8) is 0 Å². The maximum absolute atomic E-state index is 4.73. The fraction of sp³-hybridized carbons (Fsp3) is 1.00. The summed E-state index contributed by atoms with van der Waals surface area (Å²) in [5, 5.41) is 7.43. The van der Waals surface area contributed by atoms with E-state index in [0.717, 1.165) is 45.3 Å². The second-order valence-electron chi connectivity index (χ2n) is 14.1. The zero-order valence-electron chi connectivity index (χ0n) is 31.4. The molecule has 0 radical (unpaired) electrons. The van der Waals surface area contributed by atoms with Gasteiger partial charge in [0.1, 0.15) is 0 Å². The van der Waals surface area contributed by atoms with E-state index in [0.29, 0.717) is 12.9 Å². The van der Waals surface area contributed by atoms with Gasteiger partial charge in [-0.1, -0.05) is 0 Å². The van der Waals surface area contributed by atoms with E-state index < -0.39 is 0 Å². The first-order valence-corrected chi connectivity index (χ1v) is 29.5. The maximum atomic E-state index is 4.73. The summed E-state index contributed by atoms with van der Waals surface area (Å²) < 4.78 is 0. The summed E-state index contributed by atoms with van der Waals surface area (Å²) in [6, 6.07) is 0. The van der Waals surface area contributed by atoms with E-state index in [-0.39, 0.29) is 48.7 Å². The Hall–Kier alpha value is 4.18. The second kappa shape index (κ2) is 38.4. The van der Waals surface area contributed by atoms with Gasteiger partial charge in [0.15, 0.2) is 0 Å². The summed E-state index contributed by atoms with van der Waals surface area (Å²) in [4.78, 5) is 0. The number of nitrogens with one attached hydrogen (secondary N) is 2. The summed E-state index contributed by atoms with van der Waals surface area (Å²) in [5.74, 6) is 0. The van der Waals surface area contributed by atoms with Crippen LogP contribution in [0.5, 0.6) is 0 Å². The number of rotatable bonds is 20. The average Bonchev–Trinajstić information content (AvgIpc) is 2.87. The predicted octanol–water partition coefficient (Wildman–Crippen LogP) is 8.50. The molecular formula is C32H78Br2Cl2CoN2NiP4+4.